The SMILES string of the molecule is CC.CC.CC.CC.CC.CC.CC.CC.CC.CC.CC(C)c1ccn[nH]1.CC(C)c1ccn[nH]1.CC(C)c1ccns1.CC(C)c1ccsn1.CC(C)c1cn[nH]c1.CC(C)c1cnco1.CC(C)c1cnco1.CC(C)c1cncs1.CC(C)c1cnsc1.CC(C)c1ncco1. The molecule has 3 N–H and O–H groups in total. The Hall–Kier alpha value is -6.22. The molecular weight excluding hydrogens is 1320 g/mol. The molecule has 0 spiro atoms. The van der Waals surface area contributed by atoms with Crippen LogP contribution in [0.5, 0.6) is 0 Å². The van der Waals surface area contributed by atoms with Crippen LogP contribution in [0.1, 0.15) is 392 Å². The molecule has 0 aliphatic rings. The first-order valence-electron chi connectivity index (χ1n) is 37.3. The van der Waals surface area contributed by atoms with Crippen LogP contribution in [0.25, 0.3) is 0 Å². The largest absolute Gasteiger partial charge is 0.449 e. The second kappa shape index (κ2) is 88.9. The summed E-state index contributed by atoms with van der Waals surface area (Å²) < 4.78 is 27.1. The fraction of sp³-hybridized carbons (Fsp3) is 0.625. The molecule has 10 aromatic heterocycles. The van der Waals surface area contributed by atoms with E-state index in [1.807, 2.05) is 206 Å². The van der Waals surface area contributed by atoms with Crippen molar-refractivity contribution in [2.24, 2.45) is 0 Å². The van der Waals surface area contributed by atoms with Crippen molar-refractivity contribution in [2.75, 3.05) is 0 Å². The minimum Gasteiger partial charge on any atom is -0.449 e. The molecule has 0 aromatic carbocycles. The highest BCUT2D eigenvalue weighted by atomic mass is 32.1. The van der Waals surface area contributed by atoms with Gasteiger partial charge in [-0.25, -0.2) is 23.7 Å². The number of aromatic amines is 3. The van der Waals surface area contributed by atoms with Gasteiger partial charge in [0, 0.05) is 86.8 Å². The molecule has 100 heavy (non-hydrogen) atoms. The number of thiazole rings is 1. The lowest BCUT2D eigenvalue weighted by molar-refractivity contribution is 0.471. The third-order valence-corrected chi connectivity index (χ3v) is 14.0. The van der Waals surface area contributed by atoms with Gasteiger partial charge in [-0.1, -0.05) is 277 Å². The number of H-pyrrole nitrogens is 3. The molecule has 10 rings (SSSR count). The highest BCUT2D eigenvalue weighted by molar-refractivity contribution is 7.09. The van der Waals surface area contributed by atoms with Crippen molar-refractivity contribution >= 4 is 45.9 Å². The molecule has 20 heteroatoms. The van der Waals surface area contributed by atoms with Gasteiger partial charge in [0.25, 0.3) is 0 Å². The van der Waals surface area contributed by atoms with E-state index in [-0.39, 0.29) is 0 Å². The van der Waals surface area contributed by atoms with Crippen molar-refractivity contribution in [2.45, 2.75) is 336 Å². The lowest BCUT2D eigenvalue weighted by atomic mass is 10.1. The number of rotatable bonds is 10. The minimum atomic E-state index is 0.407. The smallest absolute Gasteiger partial charge is 0.196 e. The number of oxazole rings is 3. The Bertz CT molecular complexity index is 2080. The molecular formula is C80H153N13O3S4. The predicted octanol–water partition coefficient (Wildman–Crippen LogP) is 29.3. The van der Waals surface area contributed by atoms with Crippen LogP contribution in [0, 0.1) is 0 Å². The first-order valence-corrected chi connectivity index (χ1v) is 40.6. The van der Waals surface area contributed by atoms with Crippen LogP contribution in [0.15, 0.2) is 135 Å². The van der Waals surface area contributed by atoms with Gasteiger partial charge in [0.05, 0.1) is 36.0 Å². The lowest BCUT2D eigenvalue weighted by Crippen LogP contribution is -1.85. The standard InChI is InChI=1S/3C6H10N2.3C6H9NO.4C6H9NS.10C2H6/c1-5(2)6-3-7-8-4-6;2*1-5(2)6-3-4-7-8-6;2*1-5(2)6-3-7-4-8-6;1-5(2)6-7-3-4-8-6;1-5(2)6-3-7-4-8-6;1-5(2)6-3-7-8-4-6;1-5(2)6-3-4-8-7-6;1-5(2)6-3-4-7-8-6;10*1-2/h3*3-5H,1-2H3,(H,7,8);7*3-5H,1-2H3;10*1-2H3. The second-order valence-electron chi connectivity index (χ2n) is 21.0. The molecule has 10 aromatic rings. The number of nitrogens with zero attached hydrogens (tertiary/aromatic N) is 10. The molecule has 0 saturated carbocycles. The fourth-order valence-electron chi connectivity index (χ4n) is 5.35. The van der Waals surface area contributed by atoms with Crippen LogP contribution in [0.2, 0.25) is 0 Å². The molecule has 0 radical (unpaired) electrons. The van der Waals surface area contributed by atoms with Gasteiger partial charge in [0.1, 0.15) is 17.8 Å². The summed E-state index contributed by atoms with van der Waals surface area (Å²) in [5.41, 5.74) is 8.08. The lowest BCUT2D eigenvalue weighted by Gasteiger charge is -1.95. The molecule has 0 aliphatic carbocycles. The van der Waals surface area contributed by atoms with Gasteiger partial charge in [0.15, 0.2) is 18.7 Å². The molecule has 0 bridgehead atoms. The van der Waals surface area contributed by atoms with E-state index in [0.717, 1.165) is 17.4 Å². The van der Waals surface area contributed by atoms with Crippen LogP contribution in [0.4, 0.5) is 0 Å². The maximum absolute atomic E-state index is 4.98. The van der Waals surface area contributed by atoms with Crippen LogP contribution in [-0.2, 0) is 0 Å². The van der Waals surface area contributed by atoms with E-state index in [2.05, 4.69) is 206 Å². The van der Waals surface area contributed by atoms with E-state index in [4.69, 9.17) is 13.3 Å². The van der Waals surface area contributed by atoms with Crippen LogP contribution in [0.3, 0.4) is 0 Å². The van der Waals surface area contributed by atoms with Crippen LogP contribution in [-0.4, -0.2) is 63.6 Å². The molecule has 0 saturated heterocycles. The van der Waals surface area contributed by atoms with Gasteiger partial charge in [-0.15, -0.1) is 11.3 Å². The molecule has 0 unspecified atom stereocenters. The molecule has 0 atom stereocenters. The molecule has 10 heterocycles. The molecule has 0 amide bonds. The average Bonchev–Trinajstić information content (AvgIpc) is 3.90. The van der Waals surface area contributed by atoms with E-state index in [1.165, 1.54) is 73.8 Å². The summed E-state index contributed by atoms with van der Waals surface area (Å²) >= 11 is 6.34. The van der Waals surface area contributed by atoms with Gasteiger partial charge in [-0.05, 0) is 111 Å². The Kier molecular flexibility index (Phi) is 102. The maximum atomic E-state index is 4.98. The number of hydrogen-bond acceptors (Lipinski definition) is 17. The van der Waals surface area contributed by atoms with Gasteiger partial charge >= 0.3 is 0 Å². The van der Waals surface area contributed by atoms with E-state index < -0.39 is 0 Å². The van der Waals surface area contributed by atoms with E-state index >= 15 is 0 Å². The Balaban J connectivity index is -0.000000109. The average molecular weight is 1470 g/mol. The number of nitrogens with one attached hydrogen (secondary N) is 3. The Morgan fingerprint density at radius 3 is 0.990 bits per heavy atom. The van der Waals surface area contributed by atoms with Crippen LogP contribution < -0.4 is 0 Å². The Morgan fingerprint density at radius 2 is 0.830 bits per heavy atom. The van der Waals surface area contributed by atoms with E-state index in [9.17, 15) is 0 Å². The normalized spacial score (nSPS) is 8.90. The summed E-state index contributed by atoms with van der Waals surface area (Å²) in [4.78, 5) is 18.2. The predicted molar refractivity (Wildman–Crippen MR) is 448 cm³/mol. The summed E-state index contributed by atoms with van der Waals surface area (Å²) in [6, 6.07) is 8.11. The molecule has 0 fully saturated rings. The van der Waals surface area contributed by atoms with Gasteiger partial charge < -0.3 is 13.3 Å². The minimum absolute atomic E-state index is 0.407. The summed E-state index contributed by atoms with van der Waals surface area (Å²) in [6.45, 7) is 82.5. The molecule has 16 nitrogen and oxygen atoms in total. The van der Waals surface area contributed by atoms with Gasteiger partial charge in [-0.2, -0.15) is 19.7 Å². The zero-order valence-corrected chi connectivity index (χ0v) is 74.4. The monoisotopic (exact) mass is 1470 g/mol. The van der Waals surface area contributed by atoms with Gasteiger partial charge in [-0.3, -0.25) is 20.3 Å². The van der Waals surface area contributed by atoms with E-state index in [0.29, 0.717) is 59.2 Å². The Labute approximate surface area is 631 Å². The first-order chi connectivity index (χ1) is 48.0. The maximum Gasteiger partial charge on any atom is 0.196 e. The quantitative estimate of drug-likeness (QED) is 0.116. The van der Waals surface area contributed by atoms with Crippen molar-refractivity contribution in [3.8, 4) is 0 Å². The highest BCUT2D eigenvalue weighted by Gasteiger charge is 2.04. The van der Waals surface area contributed by atoms with Crippen molar-refractivity contribution in [1.82, 2.24) is 63.6 Å². The first kappa shape index (κ1) is 115. The van der Waals surface area contributed by atoms with Gasteiger partial charge in [0.2, 0.25) is 0 Å². The fourth-order valence-corrected chi connectivity index (χ4v) is 7.91. The van der Waals surface area contributed by atoms with Crippen molar-refractivity contribution < 1.29 is 13.3 Å². The topological polar surface area (TPSA) is 216 Å². The van der Waals surface area contributed by atoms with Crippen LogP contribution >= 0.6 is 45.9 Å². The third kappa shape index (κ3) is 70.2. The second-order valence-corrected chi connectivity index (χ2v) is 24.1. The highest BCUT2D eigenvalue weighted by Crippen LogP contribution is 2.19. The zero-order valence-electron chi connectivity index (χ0n) is 71.2. The molecule has 580 valence electrons. The van der Waals surface area contributed by atoms with Crippen molar-refractivity contribution in [3.63, 3.8) is 0 Å². The number of aromatic nitrogens is 13. The summed E-state index contributed by atoms with van der Waals surface area (Å²) in [7, 11) is 0. The molecule has 0 aliphatic heterocycles. The summed E-state index contributed by atoms with van der Waals surface area (Å²) in [5.74, 6) is 8.25. The van der Waals surface area contributed by atoms with E-state index in [1.54, 1.807) is 60.1 Å². The van der Waals surface area contributed by atoms with Crippen molar-refractivity contribution in [1.29, 1.82) is 0 Å². The number of hydrogen-bond donors (Lipinski definition) is 3. The zero-order chi connectivity index (χ0) is 79.8. The van der Waals surface area contributed by atoms with Crippen molar-refractivity contribution in [3.05, 3.63) is 177 Å². The summed E-state index contributed by atoms with van der Waals surface area (Å²) in [5, 5.41) is 24.1. The summed E-state index contributed by atoms with van der Waals surface area (Å²) in [6.07, 6.45) is 22.7. The third-order valence-electron chi connectivity index (χ3n) is 10.7. The Morgan fingerprint density at radius 1 is 0.370 bits per heavy atom.